The molecule has 4 rings (SSSR count). The van der Waals surface area contributed by atoms with E-state index >= 15 is 0 Å². The van der Waals surface area contributed by atoms with Gasteiger partial charge in [-0.2, -0.15) is 0 Å². The summed E-state index contributed by atoms with van der Waals surface area (Å²) < 4.78 is 26.6. The summed E-state index contributed by atoms with van der Waals surface area (Å²) in [5.41, 5.74) is 3.68. The Kier molecular flexibility index (Phi) is 5.56. The molecule has 1 amide bonds. The lowest BCUT2D eigenvalue weighted by Crippen LogP contribution is -2.23. The van der Waals surface area contributed by atoms with Gasteiger partial charge in [-0.3, -0.25) is 9.20 Å². The van der Waals surface area contributed by atoms with Gasteiger partial charge in [0.2, 0.25) is 0 Å². The van der Waals surface area contributed by atoms with Crippen molar-refractivity contribution in [3.63, 3.8) is 0 Å². The molecule has 31 heavy (non-hydrogen) atoms. The zero-order valence-corrected chi connectivity index (χ0v) is 18.1. The SMILES string of the molecule is CCCNC(=O)c1ccc(-c2cnc3c(S(C)(=O)=O)nc(-c4ccccc4)cn23)cc1. The van der Waals surface area contributed by atoms with Gasteiger partial charge in [0.25, 0.3) is 5.91 Å². The van der Waals surface area contributed by atoms with E-state index in [2.05, 4.69) is 15.3 Å². The molecule has 158 valence electrons. The molecule has 0 aliphatic rings. The number of carbonyl (C=O) groups is 1. The third-order valence-electron chi connectivity index (χ3n) is 4.86. The number of nitrogens with zero attached hydrogens (tertiary/aromatic N) is 3. The van der Waals surface area contributed by atoms with Gasteiger partial charge in [0, 0.05) is 35.7 Å². The molecule has 0 fully saturated rings. The van der Waals surface area contributed by atoms with E-state index in [0.29, 0.717) is 23.5 Å². The maximum atomic E-state index is 12.4. The molecule has 0 bridgehead atoms. The standard InChI is InChI=1S/C23H22N4O3S/c1-3-13-24-22(28)18-11-9-17(10-12-18)20-14-25-21-23(31(2,29)30)26-19(15-27(20)21)16-7-5-4-6-8-16/h4-12,14-15H,3,13H2,1-2H3,(H,24,28). The van der Waals surface area contributed by atoms with Crippen LogP contribution in [0.25, 0.3) is 28.2 Å². The molecule has 0 spiro atoms. The van der Waals surface area contributed by atoms with Crippen molar-refractivity contribution >= 4 is 21.4 Å². The predicted molar refractivity (Wildman–Crippen MR) is 120 cm³/mol. The molecule has 2 aromatic heterocycles. The molecule has 0 saturated heterocycles. The van der Waals surface area contributed by atoms with E-state index in [4.69, 9.17) is 0 Å². The van der Waals surface area contributed by atoms with Crippen LogP contribution in [0, 0.1) is 0 Å². The Balaban J connectivity index is 1.83. The van der Waals surface area contributed by atoms with Crippen LogP contribution in [0.3, 0.4) is 0 Å². The molecule has 0 radical (unpaired) electrons. The number of hydrogen-bond donors (Lipinski definition) is 1. The quantitative estimate of drug-likeness (QED) is 0.500. The van der Waals surface area contributed by atoms with Gasteiger partial charge >= 0.3 is 0 Å². The average molecular weight is 435 g/mol. The molecule has 2 aromatic carbocycles. The van der Waals surface area contributed by atoms with Gasteiger partial charge in [0.05, 0.1) is 17.6 Å². The number of carbonyl (C=O) groups excluding carboxylic acids is 1. The molecule has 2 heterocycles. The van der Waals surface area contributed by atoms with Crippen molar-refractivity contribution in [2.45, 2.75) is 18.4 Å². The highest BCUT2D eigenvalue weighted by atomic mass is 32.2. The Morgan fingerprint density at radius 2 is 1.74 bits per heavy atom. The summed E-state index contributed by atoms with van der Waals surface area (Å²) in [7, 11) is -3.60. The van der Waals surface area contributed by atoms with Crippen LogP contribution >= 0.6 is 0 Å². The largest absolute Gasteiger partial charge is 0.352 e. The van der Waals surface area contributed by atoms with E-state index < -0.39 is 9.84 Å². The minimum absolute atomic E-state index is 0.0735. The number of hydrogen-bond acceptors (Lipinski definition) is 5. The molecule has 7 nitrogen and oxygen atoms in total. The second-order valence-electron chi connectivity index (χ2n) is 7.24. The van der Waals surface area contributed by atoms with E-state index in [1.165, 1.54) is 0 Å². The van der Waals surface area contributed by atoms with E-state index in [9.17, 15) is 13.2 Å². The number of imidazole rings is 1. The summed E-state index contributed by atoms with van der Waals surface area (Å²) in [5, 5.41) is 2.78. The zero-order valence-electron chi connectivity index (χ0n) is 17.2. The zero-order chi connectivity index (χ0) is 22.0. The first-order valence-electron chi connectivity index (χ1n) is 9.90. The second kappa shape index (κ2) is 8.31. The molecule has 0 atom stereocenters. The van der Waals surface area contributed by atoms with Crippen LogP contribution in [-0.2, 0) is 9.84 Å². The number of aromatic nitrogens is 3. The molecule has 0 unspecified atom stereocenters. The fraction of sp³-hybridized carbons (Fsp3) is 0.174. The van der Waals surface area contributed by atoms with Gasteiger partial charge in [-0.05, 0) is 18.6 Å². The van der Waals surface area contributed by atoms with Crippen molar-refractivity contribution in [3.8, 4) is 22.5 Å². The van der Waals surface area contributed by atoms with Gasteiger partial charge in [-0.25, -0.2) is 18.4 Å². The smallest absolute Gasteiger partial charge is 0.251 e. The molecule has 8 heteroatoms. The van der Waals surface area contributed by atoms with Gasteiger partial charge in [0.15, 0.2) is 20.5 Å². The maximum absolute atomic E-state index is 12.4. The Labute approximate surface area is 180 Å². The van der Waals surface area contributed by atoms with Gasteiger partial charge in [0.1, 0.15) is 0 Å². The van der Waals surface area contributed by atoms with Gasteiger partial charge in [-0.15, -0.1) is 0 Å². The van der Waals surface area contributed by atoms with E-state index in [1.54, 1.807) is 28.9 Å². The Morgan fingerprint density at radius 3 is 2.39 bits per heavy atom. The maximum Gasteiger partial charge on any atom is 0.251 e. The third-order valence-corrected chi connectivity index (χ3v) is 5.84. The number of fused-ring (bicyclic) bond motifs is 1. The molecule has 0 saturated carbocycles. The fourth-order valence-corrected chi connectivity index (χ4v) is 4.05. The third kappa shape index (κ3) is 4.20. The van der Waals surface area contributed by atoms with Crippen molar-refractivity contribution < 1.29 is 13.2 Å². The minimum Gasteiger partial charge on any atom is -0.352 e. The highest BCUT2D eigenvalue weighted by Crippen LogP contribution is 2.27. The lowest BCUT2D eigenvalue weighted by molar-refractivity contribution is 0.0953. The van der Waals surface area contributed by atoms with Crippen LogP contribution < -0.4 is 5.32 Å². The van der Waals surface area contributed by atoms with E-state index in [1.807, 2.05) is 49.4 Å². The highest BCUT2D eigenvalue weighted by molar-refractivity contribution is 7.90. The normalized spacial score (nSPS) is 11.5. The average Bonchev–Trinajstić information content (AvgIpc) is 3.20. The summed E-state index contributed by atoms with van der Waals surface area (Å²) >= 11 is 0. The van der Waals surface area contributed by atoms with Crippen molar-refractivity contribution in [2.24, 2.45) is 0 Å². The number of nitrogens with one attached hydrogen (secondary N) is 1. The molecule has 4 aromatic rings. The monoisotopic (exact) mass is 434 g/mol. The highest BCUT2D eigenvalue weighted by Gasteiger charge is 2.20. The summed E-state index contributed by atoms with van der Waals surface area (Å²) in [6, 6.07) is 16.5. The first-order valence-corrected chi connectivity index (χ1v) is 11.8. The van der Waals surface area contributed by atoms with Crippen LogP contribution in [-0.4, -0.2) is 41.5 Å². The summed E-state index contributed by atoms with van der Waals surface area (Å²) in [6.07, 6.45) is 5.39. The Morgan fingerprint density at radius 1 is 1.03 bits per heavy atom. The van der Waals surface area contributed by atoms with Crippen molar-refractivity contribution in [3.05, 3.63) is 72.6 Å². The van der Waals surface area contributed by atoms with Crippen molar-refractivity contribution in [1.29, 1.82) is 0 Å². The molecule has 0 aliphatic carbocycles. The second-order valence-corrected chi connectivity index (χ2v) is 9.17. The van der Waals surface area contributed by atoms with Crippen LogP contribution in [0.5, 0.6) is 0 Å². The van der Waals surface area contributed by atoms with E-state index in [-0.39, 0.29) is 16.6 Å². The van der Waals surface area contributed by atoms with Crippen molar-refractivity contribution in [1.82, 2.24) is 19.7 Å². The van der Waals surface area contributed by atoms with Gasteiger partial charge in [-0.1, -0.05) is 49.4 Å². The first-order chi connectivity index (χ1) is 14.9. The van der Waals surface area contributed by atoms with Crippen LogP contribution in [0.15, 0.2) is 72.0 Å². The van der Waals surface area contributed by atoms with E-state index in [0.717, 1.165) is 23.8 Å². The number of rotatable bonds is 6. The number of sulfone groups is 1. The van der Waals surface area contributed by atoms with Gasteiger partial charge < -0.3 is 5.32 Å². The lowest BCUT2D eigenvalue weighted by Gasteiger charge is -2.09. The first kappa shape index (κ1) is 20.7. The Hall–Kier alpha value is -3.52. The topological polar surface area (TPSA) is 93.4 Å². The summed E-state index contributed by atoms with van der Waals surface area (Å²) in [5.74, 6) is -0.124. The van der Waals surface area contributed by atoms with Crippen LogP contribution in [0.2, 0.25) is 0 Å². The summed E-state index contributed by atoms with van der Waals surface area (Å²) in [6.45, 7) is 2.62. The fourth-order valence-electron chi connectivity index (χ4n) is 3.30. The molecule has 0 aliphatic heterocycles. The van der Waals surface area contributed by atoms with Crippen LogP contribution in [0.4, 0.5) is 0 Å². The predicted octanol–water partition coefficient (Wildman–Crippen LogP) is 3.61. The lowest BCUT2D eigenvalue weighted by atomic mass is 10.1. The molecule has 1 N–H and O–H groups in total. The Bertz CT molecular complexity index is 1350. The number of amides is 1. The van der Waals surface area contributed by atoms with Crippen molar-refractivity contribution in [2.75, 3.05) is 12.8 Å². The number of benzene rings is 2. The van der Waals surface area contributed by atoms with Crippen LogP contribution in [0.1, 0.15) is 23.7 Å². The molecular weight excluding hydrogens is 412 g/mol. The summed E-state index contributed by atoms with van der Waals surface area (Å²) in [4.78, 5) is 20.9. The molecular formula is C23H22N4O3S. The minimum atomic E-state index is -3.60.